The number of rotatable bonds is 6. The Balaban J connectivity index is 1.44. The van der Waals surface area contributed by atoms with Crippen molar-refractivity contribution in [3.8, 4) is 0 Å². The van der Waals surface area contributed by atoms with Crippen molar-refractivity contribution in [2.45, 2.75) is 76.6 Å². The molecule has 0 saturated carbocycles. The quantitative estimate of drug-likeness (QED) is 0.632. The van der Waals surface area contributed by atoms with Gasteiger partial charge in [-0.1, -0.05) is 25.1 Å². The standard InChI is InChI=1S/C25H29F3N4O2/c1-2-22(33)30-15-24(16-30)17-8-3-5-10-19(17)32(23(24)34)14-21-29-18-9-4-6-11-20(18)31(21)13-7-12-25(26,27)28/h3,5,8,10H,2,4,6-7,9,11-16H2,1H3. The van der Waals surface area contributed by atoms with Crippen molar-refractivity contribution in [1.29, 1.82) is 0 Å². The van der Waals surface area contributed by atoms with Gasteiger partial charge in [-0.3, -0.25) is 9.59 Å². The molecule has 9 heteroatoms. The van der Waals surface area contributed by atoms with Gasteiger partial charge in [0.2, 0.25) is 11.8 Å². The summed E-state index contributed by atoms with van der Waals surface area (Å²) in [6.45, 7) is 3.00. The lowest BCUT2D eigenvalue weighted by Gasteiger charge is -2.46. The first-order chi connectivity index (χ1) is 16.2. The van der Waals surface area contributed by atoms with Crippen LogP contribution >= 0.6 is 0 Å². The van der Waals surface area contributed by atoms with Gasteiger partial charge in [-0.2, -0.15) is 13.2 Å². The van der Waals surface area contributed by atoms with Crippen LogP contribution < -0.4 is 4.90 Å². The molecule has 34 heavy (non-hydrogen) atoms. The smallest absolute Gasteiger partial charge is 0.340 e. The van der Waals surface area contributed by atoms with E-state index in [-0.39, 0.29) is 31.3 Å². The van der Waals surface area contributed by atoms with Crippen molar-refractivity contribution in [1.82, 2.24) is 14.5 Å². The summed E-state index contributed by atoms with van der Waals surface area (Å²) in [4.78, 5) is 34.1. The van der Waals surface area contributed by atoms with Crippen molar-refractivity contribution < 1.29 is 22.8 Å². The van der Waals surface area contributed by atoms with Crippen molar-refractivity contribution in [3.63, 3.8) is 0 Å². The number of carbonyl (C=O) groups excluding carboxylic acids is 2. The third-order valence-electron chi connectivity index (χ3n) is 7.39. The first-order valence-corrected chi connectivity index (χ1v) is 12.1. The number of amides is 2. The minimum Gasteiger partial charge on any atom is -0.340 e. The van der Waals surface area contributed by atoms with Crippen LogP contribution in [0.5, 0.6) is 0 Å². The van der Waals surface area contributed by atoms with Gasteiger partial charge < -0.3 is 14.4 Å². The SMILES string of the molecule is CCC(=O)N1CC2(C1)C(=O)N(Cc1nc3c(n1CCCC(F)(F)F)CCCC3)c1ccccc12. The molecule has 1 aromatic carbocycles. The molecule has 2 aromatic rings. The first-order valence-electron chi connectivity index (χ1n) is 12.1. The van der Waals surface area contributed by atoms with E-state index in [0.717, 1.165) is 48.3 Å². The number of para-hydroxylation sites is 1. The maximum absolute atomic E-state index is 13.7. The highest BCUT2D eigenvalue weighted by Gasteiger charge is 2.59. The molecule has 182 valence electrons. The summed E-state index contributed by atoms with van der Waals surface area (Å²) in [6, 6.07) is 7.63. The monoisotopic (exact) mass is 474 g/mol. The Morgan fingerprint density at radius 1 is 1.15 bits per heavy atom. The molecule has 0 N–H and O–H groups in total. The van der Waals surface area contributed by atoms with Crippen molar-refractivity contribution in [2.24, 2.45) is 0 Å². The number of alkyl halides is 3. The zero-order chi connectivity index (χ0) is 24.1. The van der Waals surface area contributed by atoms with Gasteiger partial charge in [0.1, 0.15) is 11.2 Å². The van der Waals surface area contributed by atoms with Gasteiger partial charge in [-0.25, -0.2) is 4.98 Å². The summed E-state index contributed by atoms with van der Waals surface area (Å²) < 4.78 is 40.3. The minimum absolute atomic E-state index is 0.0120. The zero-order valence-electron chi connectivity index (χ0n) is 19.3. The van der Waals surface area contributed by atoms with E-state index in [4.69, 9.17) is 4.98 Å². The lowest BCUT2D eigenvalue weighted by atomic mass is 9.74. The summed E-state index contributed by atoms with van der Waals surface area (Å²) in [5, 5.41) is 0. The van der Waals surface area contributed by atoms with E-state index >= 15 is 0 Å². The summed E-state index contributed by atoms with van der Waals surface area (Å²) >= 11 is 0. The van der Waals surface area contributed by atoms with Gasteiger partial charge in [0, 0.05) is 43.9 Å². The topological polar surface area (TPSA) is 58.4 Å². The second-order valence-corrected chi connectivity index (χ2v) is 9.59. The minimum atomic E-state index is -4.19. The van der Waals surface area contributed by atoms with Gasteiger partial charge in [-0.05, 0) is 43.7 Å². The summed E-state index contributed by atoms with van der Waals surface area (Å²) in [5.74, 6) is 0.619. The first kappa shape index (κ1) is 22.9. The number of benzene rings is 1. The molecule has 0 unspecified atom stereocenters. The number of aromatic nitrogens is 2. The Kier molecular flexibility index (Phi) is 5.68. The highest BCUT2D eigenvalue weighted by molar-refractivity contribution is 6.10. The van der Waals surface area contributed by atoms with Crippen LogP contribution in [0.1, 0.15) is 61.8 Å². The van der Waals surface area contributed by atoms with E-state index < -0.39 is 18.0 Å². The second kappa shape index (κ2) is 8.43. The molecule has 0 atom stereocenters. The van der Waals surface area contributed by atoms with Crippen LogP contribution in [-0.2, 0) is 40.9 Å². The van der Waals surface area contributed by atoms with Gasteiger partial charge in [-0.15, -0.1) is 0 Å². The van der Waals surface area contributed by atoms with Crippen LogP contribution in [-0.4, -0.2) is 45.5 Å². The average molecular weight is 475 g/mol. The number of hydrogen-bond donors (Lipinski definition) is 0. The van der Waals surface area contributed by atoms with Gasteiger partial charge in [0.05, 0.1) is 12.2 Å². The lowest BCUT2D eigenvalue weighted by molar-refractivity contribution is -0.144. The Morgan fingerprint density at radius 3 is 2.62 bits per heavy atom. The van der Waals surface area contributed by atoms with Crippen molar-refractivity contribution in [3.05, 3.63) is 47.0 Å². The largest absolute Gasteiger partial charge is 0.389 e. The molecular formula is C25H29F3N4O2. The zero-order valence-corrected chi connectivity index (χ0v) is 19.3. The second-order valence-electron chi connectivity index (χ2n) is 9.59. The number of hydrogen-bond acceptors (Lipinski definition) is 3. The fraction of sp³-hybridized carbons (Fsp3) is 0.560. The van der Waals surface area contributed by atoms with Crippen LogP contribution in [0.2, 0.25) is 0 Å². The van der Waals surface area contributed by atoms with Crippen LogP contribution in [0, 0.1) is 0 Å². The molecule has 3 aliphatic rings. The summed E-state index contributed by atoms with van der Waals surface area (Å²) in [5.41, 5.74) is 2.95. The maximum atomic E-state index is 13.7. The van der Waals surface area contributed by atoms with Crippen LogP contribution in [0.4, 0.5) is 18.9 Å². The molecule has 5 rings (SSSR count). The molecule has 0 radical (unpaired) electrons. The normalized spacial score (nSPS) is 18.8. The fourth-order valence-corrected chi connectivity index (χ4v) is 5.68. The third kappa shape index (κ3) is 3.79. The number of nitrogens with zero attached hydrogens (tertiary/aromatic N) is 4. The Hall–Kier alpha value is -2.84. The molecule has 0 bridgehead atoms. The highest BCUT2D eigenvalue weighted by Crippen LogP contribution is 2.48. The fourth-order valence-electron chi connectivity index (χ4n) is 5.68. The number of aryl methyl sites for hydroxylation is 1. The molecule has 1 saturated heterocycles. The van der Waals surface area contributed by atoms with E-state index in [0.29, 0.717) is 25.3 Å². The Morgan fingerprint density at radius 2 is 1.88 bits per heavy atom. The van der Waals surface area contributed by atoms with Gasteiger partial charge in [0.25, 0.3) is 0 Å². The van der Waals surface area contributed by atoms with Gasteiger partial charge >= 0.3 is 6.18 Å². The molecule has 3 heterocycles. The summed E-state index contributed by atoms with van der Waals surface area (Å²) in [6.07, 6.45) is -1.01. The third-order valence-corrected chi connectivity index (χ3v) is 7.39. The predicted octanol–water partition coefficient (Wildman–Crippen LogP) is 4.14. The molecule has 1 spiro atoms. The number of carbonyl (C=O) groups is 2. The molecule has 6 nitrogen and oxygen atoms in total. The molecule has 2 aliphatic heterocycles. The van der Waals surface area contributed by atoms with E-state index in [1.807, 2.05) is 35.8 Å². The summed E-state index contributed by atoms with van der Waals surface area (Å²) in [7, 11) is 0. The lowest BCUT2D eigenvalue weighted by Crippen LogP contribution is -2.65. The number of anilines is 1. The van der Waals surface area contributed by atoms with Crippen LogP contribution in [0.25, 0.3) is 0 Å². The number of imidazole rings is 1. The predicted molar refractivity (Wildman–Crippen MR) is 120 cm³/mol. The molecule has 1 aliphatic carbocycles. The highest BCUT2D eigenvalue weighted by atomic mass is 19.4. The van der Waals surface area contributed by atoms with E-state index in [2.05, 4.69) is 0 Å². The van der Waals surface area contributed by atoms with E-state index in [9.17, 15) is 22.8 Å². The van der Waals surface area contributed by atoms with Gasteiger partial charge in [0.15, 0.2) is 0 Å². The van der Waals surface area contributed by atoms with E-state index in [1.165, 1.54) is 0 Å². The molecular weight excluding hydrogens is 445 g/mol. The van der Waals surface area contributed by atoms with Crippen molar-refractivity contribution >= 4 is 17.5 Å². The Bertz CT molecular complexity index is 1120. The molecule has 1 fully saturated rings. The Labute approximate surface area is 196 Å². The van der Waals surface area contributed by atoms with Crippen molar-refractivity contribution in [2.75, 3.05) is 18.0 Å². The maximum Gasteiger partial charge on any atom is 0.389 e. The number of halogens is 3. The molecule has 1 aromatic heterocycles. The van der Waals surface area contributed by atoms with E-state index in [1.54, 1.807) is 9.80 Å². The average Bonchev–Trinajstić information content (AvgIpc) is 3.25. The molecule has 2 amide bonds. The van der Waals surface area contributed by atoms with Crippen LogP contribution in [0.3, 0.4) is 0 Å². The number of fused-ring (bicyclic) bond motifs is 3. The number of likely N-dealkylation sites (tertiary alicyclic amines) is 1. The van der Waals surface area contributed by atoms with Crippen LogP contribution in [0.15, 0.2) is 24.3 Å².